The van der Waals surface area contributed by atoms with E-state index < -0.39 is 44.6 Å². The molecular weight excluding hydrogens is 351 g/mol. The fourth-order valence-electron chi connectivity index (χ4n) is 1.92. The number of nitrogens with zero attached hydrogens (tertiary/aromatic N) is 2. The third kappa shape index (κ3) is 5.58. The summed E-state index contributed by atoms with van der Waals surface area (Å²) in [5, 5.41) is 24.4. The number of nitro benzene ring substituents is 2. The van der Waals surface area contributed by atoms with Gasteiger partial charge in [0.25, 0.3) is 11.4 Å². The number of ether oxygens (including phenoxy) is 1. The van der Waals surface area contributed by atoms with Gasteiger partial charge in [-0.25, -0.2) is 0 Å². The smallest absolute Gasteiger partial charge is 0.416 e. The van der Waals surface area contributed by atoms with Crippen molar-refractivity contribution in [2.45, 2.75) is 25.9 Å². The number of carbonyl (C=O) groups is 1. The number of halogens is 3. The van der Waals surface area contributed by atoms with Gasteiger partial charge in [0.05, 0.1) is 22.0 Å². The topological polar surface area (TPSA) is 125 Å². The van der Waals surface area contributed by atoms with Gasteiger partial charge in [0.15, 0.2) is 5.69 Å². The van der Waals surface area contributed by atoms with Crippen LogP contribution in [0, 0.1) is 20.2 Å². The molecule has 0 aliphatic rings. The van der Waals surface area contributed by atoms with Gasteiger partial charge in [-0.1, -0.05) is 0 Å². The molecule has 0 spiro atoms. The summed E-state index contributed by atoms with van der Waals surface area (Å²) in [7, 11) is 0. The van der Waals surface area contributed by atoms with Crippen LogP contribution in [0.15, 0.2) is 12.1 Å². The lowest BCUT2D eigenvalue weighted by Crippen LogP contribution is -2.12. The number of anilines is 1. The van der Waals surface area contributed by atoms with Crippen LogP contribution >= 0.6 is 0 Å². The Hall–Kier alpha value is -2.92. The molecule has 0 fully saturated rings. The highest BCUT2D eigenvalue weighted by molar-refractivity contribution is 5.75. The summed E-state index contributed by atoms with van der Waals surface area (Å²) in [6.45, 7) is 1.67. The van der Waals surface area contributed by atoms with Crippen molar-refractivity contribution in [3.8, 4) is 0 Å². The molecule has 0 aliphatic heterocycles. The van der Waals surface area contributed by atoms with E-state index in [0.29, 0.717) is 0 Å². The molecule has 1 aromatic carbocycles. The summed E-state index contributed by atoms with van der Waals surface area (Å²) < 4.78 is 42.9. The van der Waals surface area contributed by atoms with Crippen LogP contribution in [0.25, 0.3) is 0 Å². The lowest BCUT2D eigenvalue weighted by atomic mass is 10.1. The second-order valence-corrected chi connectivity index (χ2v) is 4.74. The van der Waals surface area contributed by atoms with E-state index in [1.807, 2.05) is 0 Å². The van der Waals surface area contributed by atoms with Gasteiger partial charge in [0.1, 0.15) is 0 Å². The van der Waals surface area contributed by atoms with Crippen molar-refractivity contribution < 1.29 is 32.5 Å². The Balaban J connectivity index is 3.09. The van der Waals surface area contributed by atoms with Gasteiger partial charge in [-0.05, 0) is 13.3 Å². The average Bonchev–Trinajstić information content (AvgIpc) is 2.49. The fraction of sp³-hybridized carbons (Fsp3) is 0.462. The summed E-state index contributed by atoms with van der Waals surface area (Å²) in [6.07, 6.45) is -4.91. The number of benzene rings is 1. The van der Waals surface area contributed by atoms with Crippen molar-refractivity contribution in [2.24, 2.45) is 0 Å². The molecule has 0 heterocycles. The van der Waals surface area contributed by atoms with Crippen LogP contribution in [0.3, 0.4) is 0 Å². The predicted molar refractivity (Wildman–Crippen MR) is 79.1 cm³/mol. The maximum absolute atomic E-state index is 12.8. The molecule has 1 N–H and O–H groups in total. The summed E-state index contributed by atoms with van der Waals surface area (Å²) >= 11 is 0. The number of nitro groups is 2. The highest BCUT2D eigenvalue weighted by Gasteiger charge is 2.37. The number of esters is 1. The number of hydrogen-bond acceptors (Lipinski definition) is 7. The van der Waals surface area contributed by atoms with E-state index in [4.69, 9.17) is 0 Å². The van der Waals surface area contributed by atoms with Crippen molar-refractivity contribution in [1.29, 1.82) is 0 Å². The summed E-state index contributed by atoms with van der Waals surface area (Å²) in [5.74, 6) is -0.527. The van der Waals surface area contributed by atoms with Gasteiger partial charge in [-0.2, -0.15) is 13.2 Å². The van der Waals surface area contributed by atoms with E-state index >= 15 is 0 Å². The predicted octanol–water partition coefficient (Wildman–Crippen LogP) is 3.28. The number of carbonyl (C=O) groups excluding carboxylic acids is 1. The molecule has 0 unspecified atom stereocenters. The van der Waals surface area contributed by atoms with E-state index in [1.165, 1.54) is 0 Å². The second-order valence-electron chi connectivity index (χ2n) is 4.74. The minimum atomic E-state index is -4.97. The Morgan fingerprint density at radius 2 is 1.72 bits per heavy atom. The van der Waals surface area contributed by atoms with Gasteiger partial charge in [-0.15, -0.1) is 0 Å². The molecule has 0 aliphatic carbocycles. The number of hydrogen-bond donors (Lipinski definition) is 1. The lowest BCUT2D eigenvalue weighted by molar-refractivity contribution is -0.392. The molecule has 0 aromatic heterocycles. The van der Waals surface area contributed by atoms with E-state index in [1.54, 1.807) is 6.92 Å². The second kappa shape index (κ2) is 8.26. The van der Waals surface area contributed by atoms with Crippen molar-refractivity contribution in [1.82, 2.24) is 0 Å². The van der Waals surface area contributed by atoms with Gasteiger partial charge >= 0.3 is 12.1 Å². The number of alkyl halides is 3. The highest BCUT2D eigenvalue weighted by Crippen LogP contribution is 2.41. The van der Waals surface area contributed by atoms with Crippen LogP contribution in [-0.2, 0) is 15.7 Å². The van der Waals surface area contributed by atoms with E-state index in [2.05, 4.69) is 10.1 Å². The molecule has 0 amide bonds. The van der Waals surface area contributed by atoms with Gasteiger partial charge in [0, 0.05) is 25.1 Å². The van der Waals surface area contributed by atoms with Gasteiger partial charge in [0.2, 0.25) is 0 Å². The zero-order valence-electron chi connectivity index (χ0n) is 13.0. The van der Waals surface area contributed by atoms with Crippen LogP contribution in [0.4, 0.5) is 30.2 Å². The Morgan fingerprint density at radius 1 is 1.20 bits per heavy atom. The minimum Gasteiger partial charge on any atom is -0.466 e. The van der Waals surface area contributed by atoms with Crippen molar-refractivity contribution in [2.75, 3.05) is 18.5 Å². The molecule has 1 rings (SSSR count). The SMILES string of the molecule is CCOC(=O)CCCNc1c([N+](=O)[O-])cc(C(F)(F)F)cc1[N+](=O)[O-]. The summed E-state index contributed by atoms with van der Waals surface area (Å²) in [5.41, 5.74) is -4.29. The molecule has 0 saturated carbocycles. The van der Waals surface area contributed by atoms with Crippen LogP contribution < -0.4 is 5.32 Å². The first kappa shape index (κ1) is 20.1. The molecule has 12 heteroatoms. The Bertz CT molecular complexity index is 642. The molecule has 0 atom stereocenters. The van der Waals surface area contributed by atoms with Crippen molar-refractivity contribution in [3.63, 3.8) is 0 Å². The Kier molecular flexibility index (Phi) is 6.65. The quantitative estimate of drug-likeness (QED) is 0.324. The number of rotatable bonds is 8. The molecule has 25 heavy (non-hydrogen) atoms. The normalized spacial score (nSPS) is 11.0. The van der Waals surface area contributed by atoms with Gasteiger partial charge < -0.3 is 10.1 Å². The van der Waals surface area contributed by atoms with Crippen LogP contribution in [-0.4, -0.2) is 29.0 Å². The van der Waals surface area contributed by atoms with Gasteiger partial charge in [-0.3, -0.25) is 25.0 Å². The minimum absolute atomic E-state index is 0.0525. The van der Waals surface area contributed by atoms with E-state index in [0.717, 1.165) is 0 Å². The summed E-state index contributed by atoms with van der Waals surface area (Å²) in [4.78, 5) is 30.9. The van der Waals surface area contributed by atoms with E-state index in [-0.39, 0.29) is 38.1 Å². The molecule has 0 radical (unpaired) electrons. The molecule has 0 saturated heterocycles. The third-order valence-electron chi connectivity index (χ3n) is 2.98. The standard InChI is InChI=1S/C13H14F3N3O6/c1-2-25-11(20)4-3-5-17-12-9(18(21)22)6-8(13(14,15)16)7-10(12)19(23)24/h6-7,17H,2-5H2,1H3. The maximum Gasteiger partial charge on any atom is 0.416 e. The third-order valence-corrected chi connectivity index (χ3v) is 2.98. The number of nitrogens with one attached hydrogen (secondary N) is 1. The Morgan fingerprint density at radius 3 is 2.12 bits per heavy atom. The van der Waals surface area contributed by atoms with Crippen LogP contribution in [0.1, 0.15) is 25.3 Å². The highest BCUT2D eigenvalue weighted by atomic mass is 19.4. The first-order valence-electron chi connectivity index (χ1n) is 7.01. The zero-order valence-corrected chi connectivity index (χ0v) is 13.0. The largest absolute Gasteiger partial charge is 0.466 e. The first-order valence-corrected chi connectivity index (χ1v) is 7.01. The lowest BCUT2D eigenvalue weighted by Gasteiger charge is -2.11. The maximum atomic E-state index is 12.8. The molecule has 138 valence electrons. The van der Waals surface area contributed by atoms with Crippen molar-refractivity contribution in [3.05, 3.63) is 37.9 Å². The van der Waals surface area contributed by atoms with E-state index in [9.17, 15) is 38.2 Å². The molecular formula is C13H14F3N3O6. The molecule has 1 aromatic rings. The molecule has 9 nitrogen and oxygen atoms in total. The van der Waals surface area contributed by atoms with Crippen LogP contribution in [0.2, 0.25) is 0 Å². The monoisotopic (exact) mass is 365 g/mol. The average molecular weight is 365 g/mol. The Labute approximate surface area is 139 Å². The summed E-state index contributed by atoms with van der Waals surface area (Å²) in [6, 6.07) is 0.446. The first-order chi connectivity index (χ1) is 11.6. The zero-order chi connectivity index (χ0) is 19.2. The molecule has 0 bridgehead atoms. The fourth-order valence-corrected chi connectivity index (χ4v) is 1.92. The van der Waals surface area contributed by atoms with Crippen molar-refractivity contribution >= 4 is 23.0 Å². The van der Waals surface area contributed by atoms with Crippen LogP contribution in [0.5, 0.6) is 0 Å².